The van der Waals surface area contributed by atoms with Crippen LogP contribution in [0, 0.1) is 0 Å². The molecule has 4 aromatic rings. The molecule has 158 valence electrons. The molecule has 2 aromatic carbocycles. The van der Waals surface area contributed by atoms with Gasteiger partial charge in [-0.25, -0.2) is 13.4 Å². The van der Waals surface area contributed by atoms with Crippen LogP contribution in [-0.4, -0.2) is 40.2 Å². The van der Waals surface area contributed by atoms with Crippen LogP contribution in [0.3, 0.4) is 0 Å². The maximum absolute atomic E-state index is 12.4. The van der Waals surface area contributed by atoms with Gasteiger partial charge in [-0.3, -0.25) is 9.52 Å². The quantitative estimate of drug-likeness (QED) is 0.349. The highest BCUT2D eigenvalue weighted by Crippen LogP contribution is 2.20. The molecular formula is C19H15ClN6O3S2. The molecule has 0 aliphatic carbocycles. The van der Waals surface area contributed by atoms with Gasteiger partial charge in [0.15, 0.2) is 16.1 Å². The first-order valence-corrected chi connectivity index (χ1v) is 11.7. The standard InChI is InChI=1S/C19H15ClN6O3S2/c20-16-9-10-17(25-24-16)26-31(28,29)13-7-5-12(6-8-13)21-18(27)11-30-19-22-14-3-1-2-4-15(14)23-19/h1-10H,11H2,(H,21,27)(H,22,23)(H,25,26). The molecule has 0 fully saturated rings. The number of aromatic nitrogens is 4. The minimum absolute atomic E-state index is 0.0129. The number of carbonyl (C=O) groups excluding carboxylic acids is 1. The zero-order chi connectivity index (χ0) is 21.8. The number of hydrogen-bond donors (Lipinski definition) is 3. The van der Waals surface area contributed by atoms with E-state index < -0.39 is 10.0 Å². The first-order chi connectivity index (χ1) is 14.9. The van der Waals surface area contributed by atoms with Crippen molar-refractivity contribution in [3.8, 4) is 0 Å². The largest absolute Gasteiger partial charge is 0.333 e. The molecule has 0 saturated carbocycles. The third kappa shape index (κ3) is 5.32. The number of hydrogen-bond acceptors (Lipinski definition) is 7. The van der Waals surface area contributed by atoms with E-state index in [0.29, 0.717) is 10.8 Å². The molecule has 0 atom stereocenters. The predicted octanol–water partition coefficient (Wildman–Crippen LogP) is 3.54. The molecule has 1 amide bonds. The van der Waals surface area contributed by atoms with Gasteiger partial charge in [0.2, 0.25) is 5.91 Å². The number of benzene rings is 2. The smallest absolute Gasteiger partial charge is 0.263 e. The molecule has 0 bridgehead atoms. The third-order valence-corrected chi connectivity index (χ3v) is 6.47. The van der Waals surface area contributed by atoms with Crippen molar-refractivity contribution in [2.24, 2.45) is 0 Å². The highest BCUT2D eigenvalue weighted by molar-refractivity contribution is 7.99. The fraction of sp³-hybridized carbons (Fsp3) is 0.0526. The Hall–Kier alpha value is -3.15. The fourth-order valence-corrected chi connectivity index (χ4v) is 4.40. The Labute approximate surface area is 186 Å². The van der Waals surface area contributed by atoms with Crippen LogP contribution in [0.4, 0.5) is 11.5 Å². The van der Waals surface area contributed by atoms with Crippen molar-refractivity contribution in [2.45, 2.75) is 10.1 Å². The number of amides is 1. The lowest BCUT2D eigenvalue weighted by atomic mass is 10.3. The van der Waals surface area contributed by atoms with E-state index in [4.69, 9.17) is 11.6 Å². The molecule has 12 heteroatoms. The summed E-state index contributed by atoms with van der Waals surface area (Å²) in [5.41, 5.74) is 2.21. The zero-order valence-corrected chi connectivity index (χ0v) is 18.1. The zero-order valence-electron chi connectivity index (χ0n) is 15.7. The number of carbonyl (C=O) groups is 1. The fourth-order valence-electron chi connectivity index (χ4n) is 2.61. The number of halogens is 1. The lowest BCUT2D eigenvalue weighted by Gasteiger charge is -2.08. The summed E-state index contributed by atoms with van der Waals surface area (Å²) in [5.74, 6) is -0.0450. The molecule has 0 aliphatic heterocycles. The van der Waals surface area contributed by atoms with E-state index in [0.717, 1.165) is 11.0 Å². The van der Waals surface area contributed by atoms with E-state index in [1.165, 1.54) is 48.2 Å². The van der Waals surface area contributed by atoms with E-state index in [1.54, 1.807) is 0 Å². The molecule has 2 aromatic heterocycles. The maximum atomic E-state index is 12.4. The highest BCUT2D eigenvalue weighted by atomic mass is 35.5. The average molecular weight is 475 g/mol. The second kappa shape index (κ2) is 8.92. The summed E-state index contributed by atoms with van der Waals surface area (Å²) in [7, 11) is -3.86. The number of fused-ring (bicyclic) bond motifs is 1. The third-order valence-electron chi connectivity index (χ3n) is 4.03. The van der Waals surface area contributed by atoms with Gasteiger partial charge in [0.25, 0.3) is 10.0 Å². The van der Waals surface area contributed by atoms with Crippen LogP contribution in [0.25, 0.3) is 11.0 Å². The molecule has 4 rings (SSSR count). The highest BCUT2D eigenvalue weighted by Gasteiger charge is 2.15. The van der Waals surface area contributed by atoms with Crippen molar-refractivity contribution in [1.29, 1.82) is 0 Å². The van der Waals surface area contributed by atoms with E-state index in [9.17, 15) is 13.2 Å². The summed E-state index contributed by atoms with van der Waals surface area (Å²) < 4.78 is 27.2. The van der Waals surface area contributed by atoms with Gasteiger partial charge in [-0.15, -0.1) is 10.2 Å². The van der Waals surface area contributed by atoms with E-state index in [-0.39, 0.29) is 27.5 Å². The first-order valence-electron chi connectivity index (χ1n) is 8.88. The minimum Gasteiger partial charge on any atom is -0.333 e. The summed E-state index contributed by atoms with van der Waals surface area (Å²) in [6.07, 6.45) is 0. The molecule has 3 N–H and O–H groups in total. The van der Waals surface area contributed by atoms with Crippen molar-refractivity contribution in [2.75, 3.05) is 15.8 Å². The second-order valence-corrected chi connectivity index (χ2v) is 9.30. The van der Waals surface area contributed by atoms with Gasteiger partial charge in [-0.05, 0) is 48.5 Å². The number of nitrogens with zero attached hydrogens (tertiary/aromatic N) is 3. The van der Waals surface area contributed by atoms with E-state index >= 15 is 0 Å². The van der Waals surface area contributed by atoms with Gasteiger partial charge in [-0.2, -0.15) is 0 Å². The van der Waals surface area contributed by atoms with Crippen LogP contribution in [-0.2, 0) is 14.8 Å². The summed E-state index contributed by atoms with van der Waals surface area (Å²) in [5, 5.41) is 10.8. The van der Waals surface area contributed by atoms with E-state index in [2.05, 4.69) is 30.2 Å². The number of nitrogens with one attached hydrogen (secondary N) is 3. The molecule has 0 spiro atoms. The van der Waals surface area contributed by atoms with Crippen molar-refractivity contribution in [3.63, 3.8) is 0 Å². The minimum atomic E-state index is -3.86. The van der Waals surface area contributed by atoms with Crippen LogP contribution < -0.4 is 10.0 Å². The van der Waals surface area contributed by atoms with Crippen molar-refractivity contribution in [3.05, 3.63) is 65.8 Å². The monoisotopic (exact) mass is 474 g/mol. The Morgan fingerprint density at radius 3 is 2.52 bits per heavy atom. The number of aromatic amines is 1. The van der Waals surface area contributed by atoms with Crippen LogP contribution in [0.5, 0.6) is 0 Å². The Bertz CT molecular complexity index is 1290. The van der Waals surface area contributed by atoms with Crippen LogP contribution in [0.1, 0.15) is 0 Å². The number of sulfonamides is 1. The Morgan fingerprint density at radius 2 is 1.81 bits per heavy atom. The van der Waals surface area contributed by atoms with Crippen molar-refractivity contribution in [1.82, 2.24) is 20.2 Å². The van der Waals surface area contributed by atoms with Gasteiger partial charge in [-0.1, -0.05) is 35.5 Å². The first kappa shape index (κ1) is 21.1. The van der Waals surface area contributed by atoms with Crippen LogP contribution in [0.2, 0.25) is 5.15 Å². The number of thioether (sulfide) groups is 1. The SMILES string of the molecule is O=C(CSc1nc2ccccc2[nH]1)Nc1ccc(S(=O)(=O)Nc2ccc(Cl)nn2)cc1. The lowest BCUT2D eigenvalue weighted by Crippen LogP contribution is -2.16. The summed E-state index contributed by atoms with van der Waals surface area (Å²) in [6, 6.07) is 16.2. The van der Waals surface area contributed by atoms with Gasteiger partial charge < -0.3 is 10.3 Å². The number of rotatable bonds is 7. The molecule has 0 unspecified atom stereocenters. The summed E-state index contributed by atoms with van der Waals surface area (Å²) in [4.78, 5) is 19.8. The molecular weight excluding hydrogens is 460 g/mol. The van der Waals surface area contributed by atoms with Gasteiger partial charge >= 0.3 is 0 Å². The molecule has 0 aliphatic rings. The number of H-pyrrole nitrogens is 1. The van der Waals surface area contributed by atoms with Gasteiger partial charge in [0.1, 0.15) is 0 Å². The van der Waals surface area contributed by atoms with Crippen LogP contribution in [0.15, 0.2) is 70.7 Å². The topological polar surface area (TPSA) is 130 Å². The molecule has 0 radical (unpaired) electrons. The van der Waals surface area contributed by atoms with Crippen molar-refractivity contribution >= 4 is 61.8 Å². The Balaban J connectivity index is 1.35. The van der Waals surface area contributed by atoms with Gasteiger partial charge in [0.05, 0.1) is 21.7 Å². The number of anilines is 2. The summed E-state index contributed by atoms with van der Waals surface area (Å²) in [6.45, 7) is 0. The normalized spacial score (nSPS) is 11.4. The lowest BCUT2D eigenvalue weighted by molar-refractivity contribution is -0.113. The molecule has 2 heterocycles. The Morgan fingerprint density at radius 1 is 1.03 bits per heavy atom. The molecule has 0 saturated heterocycles. The predicted molar refractivity (Wildman–Crippen MR) is 120 cm³/mol. The maximum Gasteiger partial charge on any atom is 0.263 e. The second-order valence-electron chi connectivity index (χ2n) is 6.27. The molecule has 31 heavy (non-hydrogen) atoms. The number of imidazole rings is 1. The van der Waals surface area contributed by atoms with E-state index in [1.807, 2.05) is 24.3 Å². The summed E-state index contributed by atoms with van der Waals surface area (Å²) >= 11 is 6.92. The number of para-hydroxylation sites is 2. The Kier molecular flexibility index (Phi) is 6.07. The average Bonchev–Trinajstić information content (AvgIpc) is 3.17. The van der Waals surface area contributed by atoms with Crippen LogP contribution >= 0.6 is 23.4 Å². The van der Waals surface area contributed by atoms with Gasteiger partial charge in [0, 0.05) is 5.69 Å². The molecule has 9 nitrogen and oxygen atoms in total. The van der Waals surface area contributed by atoms with Crippen molar-refractivity contribution < 1.29 is 13.2 Å².